The number of quaternary nitrogens is 1. The van der Waals surface area contributed by atoms with Crippen LogP contribution in [0.25, 0.3) is 0 Å². The van der Waals surface area contributed by atoms with Gasteiger partial charge < -0.3 is 23.4 Å². The van der Waals surface area contributed by atoms with E-state index in [-0.39, 0.29) is 0 Å². The standard InChI is InChI=1S/C27H27ClNO4/c1-30-24-8-5-18-11-23-21-13-26-25(32-16-33-26)12-19(21)9-10-29(23,15-22(18)27(24)31-2)14-17-3-6-20(28)7-4-17/h3-8,12-13,23H,9-11,14-16H2,1-2H3/q+1/t23-,29+/m1/s1. The van der Waals surface area contributed by atoms with Crippen molar-refractivity contribution >= 4 is 11.6 Å². The molecular formula is C27H27ClNO4+. The molecule has 5 nitrogen and oxygen atoms in total. The lowest BCUT2D eigenvalue weighted by atomic mass is 9.80. The SMILES string of the molecule is COc1ccc2c(c1OC)C[N@@+]1(Cc3ccc(Cl)cc3)CCc3cc4c(cc3[C@H]1C2)OCO4. The molecule has 0 N–H and O–H groups in total. The van der Waals surface area contributed by atoms with Gasteiger partial charge in [-0.25, -0.2) is 0 Å². The van der Waals surface area contributed by atoms with Crippen molar-refractivity contribution in [3.8, 4) is 23.0 Å². The van der Waals surface area contributed by atoms with Crippen LogP contribution in [0, 0.1) is 0 Å². The molecule has 3 aromatic rings. The highest BCUT2D eigenvalue weighted by atomic mass is 35.5. The molecule has 0 spiro atoms. The molecule has 3 aliphatic rings. The highest BCUT2D eigenvalue weighted by molar-refractivity contribution is 6.30. The molecule has 3 heterocycles. The van der Waals surface area contributed by atoms with E-state index in [9.17, 15) is 0 Å². The number of fused-ring (bicyclic) bond motifs is 5. The van der Waals surface area contributed by atoms with Crippen LogP contribution in [0.5, 0.6) is 23.0 Å². The van der Waals surface area contributed by atoms with Crippen LogP contribution in [0.1, 0.15) is 33.9 Å². The maximum atomic E-state index is 6.19. The summed E-state index contributed by atoms with van der Waals surface area (Å²) in [6.45, 7) is 3.15. The Hall–Kier alpha value is -2.89. The predicted octanol–water partition coefficient (Wildman–Crippen LogP) is 5.46. The van der Waals surface area contributed by atoms with Crippen molar-refractivity contribution in [2.45, 2.75) is 32.0 Å². The summed E-state index contributed by atoms with van der Waals surface area (Å²) in [6.07, 6.45) is 1.94. The Morgan fingerprint density at radius 1 is 0.970 bits per heavy atom. The minimum absolute atomic E-state index is 0.299. The maximum Gasteiger partial charge on any atom is 0.231 e. The third-order valence-corrected chi connectivity index (χ3v) is 7.78. The summed E-state index contributed by atoms with van der Waals surface area (Å²) in [6, 6.07) is 17.3. The van der Waals surface area contributed by atoms with E-state index in [1.54, 1.807) is 14.2 Å². The minimum atomic E-state index is 0.299. The first-order chi connectivity index (χ1) is 16.1. The van der Waals surface area contributed by atoms with Gasteiger partial charge in [0.25, 0.3) is 0 Å². The zero-order chi connectivity index (χ0) is 22.6. The number of hydrogen-bond acceptors (Lipinski definition) is 4. The van der Waals surface area contributed by atoms with Gasteiger partial charge in [0.2, 0.25) is 6.79 Å². The lowest BCUT2D eigenvalue weighted by Gasteiger charge is -2.51. The number of ether oxygens (including phenoxy) is 4. The summed E-state index contributed by atoms with van der Waals surface area (Å²) in [7, 11) is 3.44. The zero-order valence-electron chi connectivity index (χ0n) is 18.9. The molecule has 0 aliphatic carbocycles. The molecule has 0 radical (unpaired) electrons. The summed E-state index contributed by atoms with van der Waals surface area (Å²) >= 11 is 6.19. The largest absolute Gasteiger partial charge is 0.493 e. The molecule has 33 heavy (non-hydrogen) atoms. The van der Waals surface area contributed by atoms with Crippen LogP contribution < -0.4 is 18.9 Å². The molecule has 0 amide bonds. The van der Waals surface area contributed by atoms with E-state index in [0.717, 1.165) is 65.0 Å². The monoisotopic (exact) mass is 464 g/mol. The summed E-state index contributed by atoms with van der Waals surface area (Å²) in [5.74, 6) is 3.38. The van der Waals surface area contributed by atoms with Gasteiger partial charge in [0.1, 0.15) is 19.1 Å². The second kappa shape index (κ2) is 7.86. The fraction of sp³-hybridized carbons (Fsp3) is 0.333. The van der Waals surface area contributed by atoms with Gasteiger partial charge in [0.05, 0.1) is 26.3 Å². The Labute approximate surface area is 199 Å². The fourth-order valence-corrected chi connectivity index (χ4v) is 6.06. The van der Waals surface area contributed by atoms with Crippen molar-refractivity contribution in [2.75, 3.05) is 27.6 Å². The molecule has 0 aromatic heterocycles. The van der Waals surface area contributed by atoms with Crippen LogP contribution in [-0.4, -0.2) is 32.0 Å². The van der Waals surface area contributed by atoms with Crippen LogP contribution in [0.2, 0.25) is 5.02 Å². The number of benzene rings is 3. The quantitative estimate of drug-likeness (QED) is 0.481. The minimum Gasteiger partial charge on any atom is -0.493 e. The first-order valence-corrected chi connectivity index (χ1v) is 11.7. The lowest BCUT2D eigenvalue weighted by molar-refractivity contribution is -0.985. The molecule has 3 aliphatic heterocycles. The number of nitrogens with zero attached hydrogens (tertiary/aromatic N) is 1. The molecule has 0 bridgehead atoms. The first kappa shape index (κ1) is 20.7. The van der Waals surface area contributed by atoms with Gasteiger partial charge in [-0.3, -0.25) is 0 Å². The van der Waals surface area contributed by atoms with Crippen molar-refractivity contribution in [1.82, 2.24) is 0 Å². The van der Waals surface area contributed by atoms with Crippen LogP contribution in [0.3, 0.4) is 0 Å². The highest BCUT2D eigenvalue weighted by Crippen LogP contribution is 2.51. The molecule has 0 saturated carbocycles. The van der Waals surface area contributed by atoms with Gasteiger partial charge in [-0.15, -0.1) is 0 Å². The number of halogens is 1. The molecule has 170 valence electrons. The summed E-state index contributed by atoms with van der Waals surface area (Å²) in [4.78, 5) is 0. The van der Waals surface area contributed by atoms with Crippen LogP contribution in [0.15, 0.2) is 48.5 Å². The van der Waals surface area contributed by atoms with Crippen molar-refractivity contribution in [3.05, 3.63) is 81.4 Å². The van der Waals surface area contributed by atoms with E-state index in [1.807, 2.05) is 18.2 Å². The molecular weight excluding hydrogens is 438 g/mol. The van der Waals surface area contributed by atoms with Crippen LogP contribution in [0.4, 0.5) is 0 Å². The molecule has 0 fully saturated rings. The van der Waals surface area contributed by atoms with Crippen LogP contribution >= 0.6 is 11.6 Å². The second-order valence-electron chi connectivity index (χ2n) is 9.20. The average Bonchev–Trinajstić information content (AvgIpc) is 3.30. The Balaban J connectivity index is 1.50. The number of hydrogen-bond donors (Lipinski definition) is 0. The Bertz CT molecular complexity index is 1230. The van der Waals surface area contributed by atoms with Crippen molar-refractivity contribution in [1.29, 1.82) is 0 Å². The highest BCUT2D eigenvalue weighted by Gasteiger charge is 2.47. The summed E-state index contributed by atoms with van der Waals surface area (Å²) in [5, 5.41) is 0.766. The number of methoxy groups -OCH3 is 2. The second-order valence-corrected chi connectivity index (χ2v) is 9.63. The number of rotatable bonds is 4. The van der Waals surface area contributed by atoms with Crippen LogP contribution in [-0.2, 0) is 25.9 Å². The van der Waals surface area contributed by atoms with Gasteiger partial charge in [-0.2, -0.15) is 0 Å². The molecule has 6 heteroatoms. The van der Waals surface area contributed by atoms with E-state index in [2.05, 4.69) is 30.3 Å². The fourth-order valence-electron chi connectivity index (χ4n) is 5.93. The van der Waals surface area contributed by atoms with E-state index in [1.165, 1.54) is 27.8 Å². The van der Waals surface area contributed by atoms with Gasteiger partial charge in [-0.05, 0) is 41.5 Å². The van der Waals surface area contributed by atoms with Gasteiger partial charge in [0, 0.05) is 29.0 Å². The third kappa shape index (κ3) is 3.33. The van der Waals surface area contributed by atoms with Crippen molar-refractivity contribution in [3.63, 3.8) is 0 Å². The van der Waals surface area contributed by atoms with Gasteiger partial charge in [-0.1, -0.05) is 29.8 Å². The van der Waals surface area contributed by atoms with E-state index in [4.69, 9.17) is 30.5 Å². The molecule has 3 aromatic carbocycles. The van der Waals surface area contributed by atoms with E-state index >= 15 is 0 Å². The Morgan fingerprint density at radius 3 is 2.52 bits per heavy atom. The lowest BCUT2D eigenvalue weighted by Crippen LogP contribution is -2.55. The Morgan fingerprint density at radius 2 is 1.76 bits per heavy atom. The first-order valence-electron chi connectivity index (χ1n) is 11.4. The van der Waals surface area contributed by atoms with Gasteiger partial charge >= 0.3 is 0 Å². The van der Waals surface area contributed by atoms with Crippen molar-refractivity contribution < 1.29 is 23.4 Å². The Kier molecular flexibility index (Phi) is 4.93. The zero-order valence-corrected chi connectivity index (χ0v) is 19.7. The van der Waals surface area contributed by atoms with Crippen molar-refractivity contribution in [2.24, 2.45) is 0 Å². The summed E-state index contributed by atoms with van der Waals surface area (Å²) < 4.78 is 23.9. The van der Waals surface area contributed by atoms with Gasteiger partial charge in [0.15, 0.2) is 23.0 Å². The van der Waals surface area contributed by atoms with E-state index < -0.39 is 0 Å². The topological polar surface area (TPSA) is 36.9 Å². The average molecular weight is 465 g/mol. The maximum absolute atomic E-state index is 6.19. The molecule has 6 rings (SSSR count). The molecule has 0 saturated heterocycles. The predicted molar refractivity (Wildman–Crippen MR) is 126 cm³/mol. The molecule has 2 atom stereocenters. The smallest absolute Gasteiger partial charge is 0.231 e. The normalized spacial score (nSPS) is 22.2. The molecule has 0 unspecified atom stereocenters. The van der Waals surface area contributed by atoms with E-state index in [0.29, 0.717) is 12.8 Å². The third-order valence-electron chi connectivity index (χ3n) is 7.52. The summed E-state index contributed by atoms with van der Waals surface area (Å²) in [5.41, 5.74) is 6.62.